The number of hydrogen-bond acceptors (Lipinski definition) is 0. The number of fused-ring (bicyclic) bond motifs is 14. The van der Waals surface area contributed by atoms with Crippen molar-refractivity contribution in [2.45, 2.75) is 78.3 Å². The average Bonchev–Trinajstić information content (AvgIpc) is 4.03. The van der Waals surface area contributed by atoms with Crippen LogP contribution in [-0.2, 0) is 23.7 Å². The summed E-state index contributed by atoms with van der Waals surface area (Å²) in [6.45, 7) is 19.1. The van der Waals surface area contributed by atoms with Gasteiger partial charge in [0.2, 0.25) is 0 Å². The van der Waals surface area contributed by atoms with Crippen molar-refractivity contribution >= 4 is 62.1 Å². The molecule has 8 aromatic carbocycles. The number of para-hydroxylation sites is 2. The van der Waals surface area contributed by atoms with Gasteiger partial charge in [-0.3, -0.25) is 0 Å². The van der Waals surface area contributed by atoms with Crippen LogP contribution in [-0.4, -0.2) is 17.2 Å². The van der Waals surface area contributed by atoms with Crippen molar-refractivity contribution in [1.29, 1.82) is 0 Å². The molecule has 0 aliphatic heterocycles. The molecule has 0 bridgehead atoms. The highest BCUT2D eigenvalue weighted by atomic mass is 28.3. The molecule has 0 N–H and O–H groups in total. The third-order valence-corrected chi connectivity index (χ3v) is 18.4. The summed E-state index contributed by atoms with van der Waals surface area (Å²) in [5.74, 6) is 0. The minimum absolute atomic E-state index is 0.0644. The summed E-state index contributed by atoms with van der Waals surface area (Å²) < 4.78 is 5.09. The van der Waals surface area contributed by atoms with Gasteiger partial charge in [0.1, 0.15) is 8.07 Å². The van der Waals surface area contributed by atoms with Crippen LogP contribution in [0.25, 0.3) is 77.2 Å². The zero-order valence-electron chi connectivity index (χ0n) is 37.8. The first-order chi connectivity index (χ1) is 30.3. The van der Waals surface area contributed by atoms with Gasteiger partial charge in [0, 0.05) is 45.8 Å². The van der Waals surface area contributed by atoms with Crippen molar-refractivity contribution in [3.63, 3.8) is 0 Å². The third kappa shape index (κ3) is 5.55. The lowest BCUT2D eigenvalue weighted by Gasteiger charge is -2.29. The van der Waals surface area contributed by atoms with E-state index in [4.69, 9.17) is 0 Å². The van der Waals surface area contributed by atoms with E-state index in [1.165, 1.54) is 111 Å². The van der Waals surface area contributed by atoms with Crippen LogP contribution in [0.4, 0.5) is 0 Å². The zero-order valence-corrected chi connectivity index (χ0v) is 38.8. The molecule has 0 fully saturated rings. The SMILES string of the molecule is CC(C)(C)c1ccc2c(c1)c1ccc3c(c1n2-c1ccccc1)Cc1c-3cccc1[Si](C)(C)c1cccc2c1Cc1c-2ccc2c3cc(C(C)(C)C)ccc3n(-c3ccccc3)c12. The summed E-state index contributed by atoms with van der Waals surface area (Å²) >= 11 is 0. The van der Waals surface area contributed by atoms with E-state index in [1.807, 2.05) is 0 Å². The summed E-state index contributed by atoms with van der Waals surface area (Å²) in [5, 5.41) is 8.48. The number of aromatic nitrogens is 2. The topological polar surface area (TPSA) is 9.86 Å². The molecule has 2 heterocycles. The molecular formula is C60H54N2Si. The lowest BCUT2D eigenvalue weighted by Crippen LogP contribution is -2.55. The fraction of sp³-hybridized carbons (Fsp3) is 0.200. The lowest BCUT2D eigenvalue weighted by atomic mass is 9.86. The van der Waals surface area contributed by atoms with E-state index in [0.29, 0.717) is 0 Å². The summed E-state index contributed by atoms with van der Waals surface area (Å²) in [5.41, 5.74) is 22.1. The molecule has 63 heavy (non-hydrogen) atoms. The number of hydrogen-bond donors (Lipinski definition) is 0. The Morgan fingerprint density at radius 2 is 0.778 bits per heavy atom. The number of rotatable bonds is 4. The van der Waals surface area contributed by atoms with E-state index in [9.17, 15) is 0 Å². The smallest absolute Gasteiger partial charge is 0.113 e. The molecule has 12 rings (SSSR count). The molecule has 3 heteroatoms. The molecular weight excluding hydrogens is 777 g/mol. The van der Waals surface area contributed by atoms with Crippen LogP contribution in [0, 0.1) is 0 Å². The van der Waals surface area contributed by atoms with Crippen LogP contribution in [0.15, 0.2) is 158 Å². The highest BCUT2D eigenvalue weighted by Crippen LogP contribution is 2.47. The van der Waals surface area contributed by atoms with Crippen molar-refractivity contribution < 1.29 is 0 Å². The van der Waals surface area contributed by atoms with Gasteiger partial charge in [0.25, 0.3) is 0 Å². The van der Waals surface area contributed by atoms with Gasteiger partial charge >= 0.3 is 0 Å². The van der Waals surface area contributed by atoms with Gasteiger partial charge in [-0.1, -0.05) is 174 Å². The predicted molar refractivity (Wildman–Crippen MR) is 272 cm³/mol. The Hall–Kier alpha value is -6.42. The highest BCUT2D eigenvalue weighted by molar-refractivity contribution is 7.01. The molecule has 10 aromatic rings. The van der Waals surface area contributed by atoms with E-state index in [1.54, 1.807) is 10.4 Å². The van der Waals surface area contributed by atoms with Crippen LogP contribution >= 0.6 is 0 Å². The van der Waals surface area contributed by atoms with E-state index < -0.39 is 8.07 Å². The van der Waals surface area contributed by atoms with Crippen LogP contribution in [0.1, 0.15) is 74.9 Å². The number of nitrogens with zero attached hydrogens (tertiary/aromatic N) is 2. The minimum Gasteiger partial charge on any atom is -0.309 e. The molecule has 2 aromatic heterocycles. The molecule has 0 saturated heterocycles. The molecule has 0 saturated carbocycles. The molecule has 2 aliphatic rings. The Labute approximate surface area is 372 Å². The van der Waals surface area contributed by atoms with Gasteiger partial charge in [-0.05, 0) is 115 Å². The summed E-state index contributed by atoms with van der Waals surface area (Å²) in [4.78, 5) is 0. The summed E-state index contributed by atoms with van der Waals surface area (Å²) in [6, 6.07) is 60.5. The fourth-order valence-corrected chi connectivity index (χ4v) is 14.8. The second kappa shape index (κ2) is 13.3. The third-order valence-electron chi connectivity index (χ3n) is 14.8. The van der Waals surface area contributed by atoms with Crippen molar-refractivity contribution in [3.05, 3.63) is 191 Å². The number of benzene rings is 8. The van der Waals surface area contributed by atoms with Crippen LogP contribution < -0.4 is 10.4 Å². The van der Waals surface area contributed by atoms with Gasteiger partial charge in [0.15, 0.2) is 0 Å². The highest BCUT2D eigenvalue weighted by Gasteiger charge is 2.38. The van der Waals surface area contributed by atoms with Crippen LogP contribution in [0.2, 0.25) is 13.1 Å². The van der Waals surface area contributed by atoms with Crippen molar-refractivity contribution in [2.24, 2.45) is 0 Å². The molecule has 0 radical (unpaired) electrons. The van der Waals surface area contributed by atoms with Crippen molar-refractivity contribution in [2.75, 3.05) is 0 Å². The first kappa shape index (κ1) is 38.3. The molecule has 308 valence electrons. The normalized spacial score (nSPS) is 13.6. The van der Waals surface area contributed by atoms with E-state index in [2.05, 4.69) is 221 Å². The van der Waals surface area contributed by atoms with Gasteiger partial charge in [0.05, 0.1) is 22.1 Å². The minimum atomic E-state index is -2.27. The van der Waals surface area contributed by atoms with Crippen molar-refractivity contribution in [3.8, 4) is 33.6 Å². The predicted octanol–water partition coefficient (Wildman–Crippen LogP) is 14.4. The Balaban J connectivity index is 1.01. The lowest BCUT2D eigenvalue weighted by molar-refractivity contribution is 0.591. The standard InChI is InChI=1S/C60H54N2Si/c1-59(2,3)37-25-31-53-47(33-37)45-29-27-43-41-21-15-23-55(49(41)35-51(43)57(45)61(53)39-17-11-9-12-18-39)63(7,8)56-24-16-22-42-44-28-30-46-48-34-38(60(4,5)6)26-32-54(48)62(40-19-13-10-14-20-40)58(46)52(44)36-50(42)56/h9-34H,35-36H2,1-8H3. The zero-order chi connectivity index (χ0) is 43.2. The first-order valence-corrected chi connectivity index (χ1v) is 25.9. The summed E-state index contributed by atoms with van der Waals surface area (Å²) in [7, 11) is -2.27. The monoisotopic (exact) mass is 830 g/mol. The van der Waals surface area contributed by atoms with E-state index >= 15 is 0 Å². The quantitative estimate of drug-likeness (QED) is 0.156. The van der Waals surface area contributed by atoms with Crippen LogP contribution in [0.3, 0.4) is 0 Å². The van der Waals surface area contributed by atoms with Gasteiger partial charge in [-0.25, -0.2) is 0 Å². The second-order valence-electron chi connectivity index (χ2n) is 20.9. The molecule has 0 amide bonds. The van der Waals surface area contributed by atoms with Gasteiger partial charge < -0.3 is 9.13 Å². The molecule has 0 spiro atoms. The maximum Gasteiger partial charge on any atom is 0.113 e. The van der Waals surface area contributed by atoms with E-state index in [0.717, 1.165) is 12.8 Å². The molecule has 2 nitrogen and oxygen atoms in total. The molecule has 0 atom stereocenters. The first-order valence-electron chi connectivity index (χ1n) is 22.9. The maximum atomic E-state index is 2.61. The molecule has 0 unspecified atom stereocenters. The second-order valence-corrected chi connectivity index (χ2v) is 25.3. The van der Waals surface area contributed by atoms with Crippen molar-refractivity contribution in [1.82, 2.24) is 9.13 Å². The van der Waals surface area contributed by atoms with Crippen LogP contribution in [0.5, 0.6) is 0 Å². The largest absolute Gasteiger partial charge is 0.309 e. The molecule has 2 aliphatic carbocycles. The summed E-state index contributed by atoms with van der Waals surface area (Å²) in [6.07, 6.45) is 1.88. The average molecular weight is 831 g/mol. The Bertz CT molecular complexity index is 3300. The Morgan fingerprint density at radius 3 is 1.17 bits per heavy atom. The Morgan fingerprint density at radius 1 is 0.381 bits per heavy atom. The fourth-order valence-electron chi connectivity index (χ4n) is 11.6. The van der Waals surface area contributed by atoms with Gasteiger partial charge in [-0.2, -0.15) is 0 Å². The Kier molecular flexibility index (Phi) is 8.08. The van der Waals surface area contributed by atoms with E-state index in [-0.39, 0.29) is 10.8 Å². The maximum absolute atomic E-state index is 2.61. The van der Waals surface area contributed by atoms with Gasteiger partial charge in [-0.15, -0.1) is 0 Å².